The summed E-state index contributed by atoms with van der Waals surface area (Å²) >= 11 is 1.50. The molecule has 4 aromatic rings. The van der Waals surface area contributed by atoms with Crippen LogP contribution >= 0.6 is 11.3 Å². The number of nitrogens with one attached hydrogen (secondary N) is 1. The summed E-state index contributed by atoms with van der Waals surface area (Å²) in [5, 5.41) is 5.03. The number of rotatable bonds is 2. The highest BCUT2D eigenvalue weighted by molar-refractivity contribution is 7.20. The molecule has 0 saturated carbocycles. The highest BCUT2D eigenvalue weighted by Gasteiger charge is 2.11. The molecule has 0 spiro atoms. The first-order valence-electron chi connectivity index (χ1n) is 6.95. The molecule has 22 heavy (non-hydrogen) atoms. The van der Waals surface area contributed by atoms with Gasteiger partial charge in [-0.3, -0.25) is 9.78 Å². The molecule has 0 aliphatic carbocycles. The van der Waals surface area contributed by atoms with Gasteiger partial charge in [0.25, 0.3) is 5.91 Å². The van der Waals surface area contributed by atoms with Crippen molar-refractivity contribution in [1.29, 1.82) is 0 Å². The summed E-state index contributed by atoms with van der Waals surface area (Å²) in [5.74, 6) is -0.0856. The number of carbonyl (C=O) groups excluding carboxylic acids is 1. The summed E-state index contributed by atoms with van der Waals surface area (Å²) in [6, 6.07) is 19.5. The van der Waals surface area contributed by atoms with E-state index in [0.717, 1.165) is 26.7 Å². The molecule has 3 nitrogen and oxygen atoms in total. The molecule has 0 aliphatic heterocycles. The molecule has 0 bridgehead atoms. The van der Waals surface area contributed by atoms with Crippen LogP contribution in [0.5, 0.6) is 0 Å². The number of benzene rings is 2. The normalized spacial score (nSPS) is 10.9. The van der Waals surface area contributed by atoms with Crippen LogP contribution < -0.4 is 5.32 Å². The Hall–Kier alpha value is -2.72. The molecule has 0 saturated heterocycles. The third-order valence-corrected chi connectivity index (χ3v) is 4.66. The minimum absolute atomic E-state index is 0.0856. The lowest BCUT2D eigenvalue weighted by molar-refractivity contribution is 0.103. The van der Waals surface area contributed by atoms with E-state index in [4.69, 9.17) is 0 Å². The highest BCUT2D eigenvalue weighted by atomic mass is 32.1. The van der Waals surface area contributed by atoms with Crippen LogP contribution in [0, 0.1) is 0 Å². The van der Waals surface area contributed by atoms with Crippen molar-refractivity contribution in [1.82, 2.24) is 4.98 Å². The van der Waals surface area contributed by atoms with Crippen molar-refractivity contribution in [3.63, 3.8) is 0 Å². The van der Waals surface area contributed by atoms with Crippen molar-refractivity contribution in [2.24, 2.45) is 0 Å². The summed E-state index contributed by atoms with van der Waals surface area (Å²) in [6.07, 6.45) is 1.75. The van der Waals surface area contributed by atoms with Crippen LogP contribution in [0.1, 0.15) is 9.67 Å². The molecule has 0 radical (unpaired) electrons. The summed E-state index contributed by atoms with van der Waals surface area (Å²) in [7, 11) is 0. The standard InChI is InChI=1S/C18H12N2OS/c21-18(17-11-12-5-1-2-9-16(12)22-17)20-15-8-3-7-14-13(15)6-4-10-19-14/h1-11H,(H,20,21). The van der Waals surface area contributed by atoms with Gasteiger partial charge in [0.05, 0.1) is 16.1 Å². The molecule has 106 valence electrons. The van der Waals surface area contributed by atoms with Crippen molar-refractivity contribution in [3.05, 3.63) is 71.7 Å². The maximum atomic E-state index is 12.5. The minimum atomic E-state index is -0.0856. The van der Waals surface area contributed by atoms with Gasteiger partial charge >= 0.3 is 0 Å². The van der Waals surface area contributed by atoms with Crippen molar-refractivity contribution in [3.8, 4) is 0 Å². The zero-order chi connectivity index (χ0) is 14.9. The van der Waals surface area contributed by atoms with E-state index in [1.807, 2.05) is 60.7 Å². The number of nitrogens with zero attached hydrogens (tertiary/aromatic N) is 1. The van der Waals surface area contributed by atoms with Crippen LogP contribution in [0.15, 0.2) is 66.9 Å². The van der Waals surface area contributed by atoms with E-state index >= 15 is 0 Å². The second kappa shape index (κ2) is 5.24. The lowest BCUT2D eigenvalue weighted by Gasteiger charge is -2.06. The van der Waals surface area contributed by atoms with Gasteiger partial charge in [0.15, 0.2) is 0 Å². The van der Waals surface area contributed by atoms with Gasteiger partial charge in [0, 0.05) is 16.3 Å². The Bertz CT molecular complexity index is 952. The smallest absolute Gasteiger partial charge is 0.265 e. The average Bonchev–Trinajstić information content (AvgIpc) is 2.99. The van der Waals surface area contributed by atoms with Gasteiger partial charge in [-0.15, -0.1) is 11.3 Å². The van der Waals surface area contributed by atoms with Gasteiger partial charge in [-0.2, -0.15) is 0 Å². The predicted octanol–water partition coefficient (Wildman–Crippen LogP) is 4.70. The number of anilines is 1. The van der Waals surface area contributed by atoms with E-state index in [0.29, 0.717) is 4.88 Å². The van der Waals surface area contributed by atoms with Crippen molar-refractivity contribution in [2.45, 2.75) is 0 Å². The Morgan fingerprint density at radius 2 is 1.91 bits per heavy atom. The second-order valence-corrected chi connectivity index (χ2v) is 6.06. The first-order valence-corrected chi connectivity index (χ1v) is 7.76. The van der Waals surface area contributed by atoms with Gasteiger partial charge in [0.1, 0.15) is 0 Å². The molecule has 0 atom stereocenters. The third-order valence-electron chi connectivity index (χ3n) is 3.54. The first-order chi connectivity index (χ1) is 10.8. The van der Waals surface area contributed by atoms with E-state index in [2.05, 4.69) is 10.3 Å². The predicted molar refractivity (Wildman–Crippen MR) is 91.5 cm³/mol. The number of aromatic nitrogens is 1. The quantitative estimate of drug-likeness (QED) is 0.583. The Morgan fingerprint density at radius 3 is 2.82 bits per heavy atom. The maximum Gasteiger partial charge on any atom is 0.265 e. The summed E-state index contributed by atoms with van der Waals surface area (Å²) < 4.78 is 1.12. The first kappa shape index (κ1) is 13.0. The number of amides is 1. The van der Waals surface area contributed by atoms with E-state index < -0.39 is 0 Å². The van der Waals surface area contributed by atoms with Crippen LogP contribution in [0.25, 0.3) is 21.0 Å². The van der Waals surface area contributed by atoms with E-state index in [1.54, 1.807) is 6.20 Å². The number of thiophene rings is 1. The Morgan fingerprint density at radius 1 is 1.00 bits per heavy atom. The molecule has 0 unspecified atom stereocenters. The highest BCUT2D eigenvalue weighted by Crippen LogP contribution is 2.27. The van der Waals surface area contributed by atoms with Gasteiger partial charge in [-0.1, -0.05) is 24.3 Å². The fourth-order valence-corrected chi connectivity index (χ4v) is 3.45. The molecular formula is C18H12N2OS. The van der Waals surface area contributed by atoms with Gasteiger partial charge in [-0.25, -0.2) is 0 Å². The molecular weight excluding hydrogens is 292 g/mol. The van der Waals surface area contributed by atoms with Crippen LogP contribution in [0.4, 0.5) is 5.69 Å². The molecule has 4 heteroatoms. The summed E-state index contributed by atoms with van der Waals surface area (Å²) in [5.41, 5.74) is 1.66. The third kappa shape index (κ3) is 2.23. The molecule has 2 heterocycles. The van der Waals surface area contributed by atoms with Crippen LogP contribution in [-0.4, -0.2) is 10.9 Å². The second-order valence-electron chi connectivity index (χ2n) is 4.98. The molecule has 0 fully saturated rings. The number of hydrogen-bond donors (Lipinski definition) is 1. The average molecular weight is 304 g/mol. The lowest BCUT2D eigenvalue weighted by atomic mass is 10.2. The van der Waals surface area contributed by atoms with Crippen LogP contribution in [0.2, 0.25) is 0 Å². The van der Waals surface area contributed by atoms with Crippen molar-refractivity contribution >= 4 is 43.9 Å². The molecule has 4 rings (SSSR count). The maximum absolute atomic E-state index is 12.5. The Balaban J connectivity index is 1.71. The monoisotopic (exact) mass is 304 g/mol. The van der Waals surface area contributed by atoms with Gasteiger partial charge in [0.2, 0.25) is 0 Å². The minimum Gasteiger partial charge on any atom is -0.321 e. The topological polar surface area (TPSA) is 42.0 Å². The van der Waals surface area contributed by atoms with Crippen LogP contribution in [-0.2, 0) is 0 Å². The van der Waals surface area contributed by atoms with Crippen LogP contribution in [0.3, 0.4) is 0 Å². The summed E-state index contributed by atoms with van der Waals surface area (Å²) in [4.78, 5) is 17.5. The summed E-state index contributed by atoms with van der Waals surface area (Å²) in [6.45, 7) is 0. The molecule has 2 aromatic carbocycles. The molecule has 1 N–H and O–H groups in total. The Labute approximate surface area is 131 Å². The molecule has 2 aromatic heterocycles. The number of fused-ring (bicyclic) bond motifs is 2. The van der Waals surface area contributed by atoms with Crippen molar-refractivity contribution in [2.75, 3.05) is 5.32 Å². The van der Waals surface area contributed by atoms with E-state index in [1.165, 1.54) is 11.3 Å². The van der Waals surface area contributed by atoms with Crippen molar-refractivity contribution < 1.29 is 4.79 Å². The SMILES string of the molecule is O=C(Nc1cccc2ncccc12)c1cc2ccccc2s1. The number of pyridine rings is 1. The molecule has 0 aliphatic rings. The Kier molecular flexibility index (Phi) is 3.09. The van der Waals surface area contributed by atoms with E-state index in [-0.39, 0.29) is 5.91 Å². The van der Waals surface area contributed by atoms with E-state index in [9.17, 15) is 4.79 Å². The number of carbonyl (C=O) groups is 1. The zero-order valence-electron chi connectivity index (χ0n) is 11.6. The largest absolute Gasteiger partial charge is 0.321 e. The van der Waals surface area contributed by atoms with Gasteiger partial charge in [-0.05, 0) is 41.8 Å². The lowest BCUT2D eigenvalue weighted by Crippen LogP contribution is -2.10. The van der Waals surface area contributed by atoms with Gasteiger partial charge < -0.3 is 5.32 Å². The number of hydrogen-bond acceptors (Lipinski definition) is 3. The fraction of sp³-hybridized carbons (Fsp3) is 0. The molecule has 1 amide bonds. The fourth-order valence-electron chi connectivity index (χ4n) is 2.49. The zero-order valence-corrected chi connectivity index (χ0v) is 12.4.